The summed E-state index contributed by atoms with van der Waals surface area (Å²) >= 11 is 0. The van der Waals surface area contributed by atoms with E-state index in [1.807, 2.05) is 6.07 Å². The second-order valence-corrected chi connectivity index (χ2v) is 6.31. The van der Waals surface area contributed by atoms with E-state index in [4.69, 9.17) is 0 Å². The van der Waals surface area contributed by atoms with Crippen LogP contribution in [-0.2, 0) is 0 Å². The highest BCUT2D eigenvalue weighted by Gasteiger charge is 2.27. The third kappa shape index (κ3) is 3.41. The van der Waals surface area contributed by atoms with Crippen LogP contribution in [0.4, 0.5) is 4.39 Å². The van der Waals surface area contributed by atoms with E-state index in [1.54, 1.807) is 6.07 Å². The highest BCUT2D eigenvalue weighted by molar-refractivity contribution is 5.31. The Kier molecular flexibility index (Phi) is 5.20. The molecule has 1 atom stereocenters. The Morgan fingerprint density at radius 2 is 1.95 bits per heavy atom. The molecule has 20 heavy (non-hydrogen) atoms. The van der Waals surface area contributed by atoms with Crippen molar-refractivity contribution in [2.45, 2.75) is 71.4 Å². The zero-order valence-electron chi connectivity index (χ0n) is 13.3. The van der Waals surface area contributed by atoms with E-state index in [0.29, 0.717) is 12.0 Å². The summed E-state index contributed by atoms with van der Waals surface area (Å²) in [6.45, 7) is 9.78. The Hall–Kier alpha value is -0.890. The number of hydrogen-bond donors (Lipinski definition) is 0. The lowest BCUT2D eigenvalue weighted by atomic mass is 9.97. The molecule has 1 fully saturated rings. The minimum Gasteiger partial charge on any atom is -0.294 e. The van der Waals surface area contributed by atoms with Crippen LogP contribution < -0.4 is 0 Å². The van der Waals surface area contributed by atoms with Gasteiger partial charge in [0, 0.05) is 17.6 Å². The fourth-order valence-corrected chi connectivity index (χ4v) is 3.15. The fourth-order valence-electron chi connectivity index (χ4n) is 3.15. The molecule has 1 unspecified atom stereocenters. The maximum atomic E-state index is 14.5. The molecule has 1 nitrogen and oxygen atoms in total. The van der Waals surface area contributed by atoms with Crippen molar-refractivity contribution in [2.24, 2.45) is 0 Å². The molecule has 0 saturated heterocycles. The molecule has 0 N–H and O–H groups in total. The van der Waals surface area contributed by atoms with Crippen LogP contribution in [0.15, 0.2) is 18.2 Å². The number of benzene rings is 1. The number of halogens is 1. The van der Waals surface area contributed by atoms with E-state index in [9.17, 15) is 4.39 Å². The van der Waals surface area contributed by atoms with E-state index in [-0.39, 0.29) is 11.9 Å². The maximum absolute atomic E-state index is 14.5. The van der Waals surface area contributed by atoms with Crippen molar-refractivity contribution >= 4 is 0 Å². The summed E-state index contributed by atoms with van der Waals surface area (Å²) < 4.78 is 14.5. The zero-order chi connectivity index (χ0) is 14.7. The van der Waals surface area contributed by atoms with Crippen molar-refractivity contribution in [3.05, 3.63) is 35.1 Å². The lowest BCUT2D eigenvalue weighted by Crippen LogP contribution is -2.35. The summed E-state index contributed by atoms with van der Waals surface area (Å²) in [4.78, 5) is 2.43. The van der Waals surface area contributed by atoms with Gasteiger partial charge in [-0.3, -0.25) is 4.90 Å². The Balaban J connectivity index is 2.25. The van der Waals surface area contributed by atoms with Crippen LogP contribution in [0.25, 0.3) is 0 Å². The van der Waals surface area contributed by atoms with Crippen LogP contribution in [0.3, 0.4) is 0 Å². The van der Waals surface area contributed by atoms with E-state index < -0.39 is 0 Å². The monoisotopic (exact) mass is 277 g/mol. The van der Waals surface area contributed by atoms with Gasteiger partial charge in [0.1, 0.15) is 5.82 Å². The normalized spacial score (nSPS) is 16.9. The van der Waals surface area contributed by atoms with E-state index >= 15 is 0 Å². The van der Waals surface area contributed by atoms with Gasteiger partial charge in [-0.2, -0.15) is 0 Å². The maximum Gasteiger partial charge on any atom is 0.128 e. The Morgan fingerprint density at radius 3 is 2.40 bits per heavy atom. The second kappa shape index (κ2) is 6.71. The van der Waals surface area contributed by atoms with Gasteiger partial charge in [0.25, 0.3) is 0 Å². The van der Waals surface area contributed by atoms with Crippen molar-refractivity contribution < 1.29 is 4.39 Å². The standard InChI is InChI=1S/C18H28FN/c1-5-11-20(13(3)4)18(6-2)16-10-9-15(12-17(16)19)14-7-8-14/h9-10,12-14,18H,5-8,11H2,1-4H3. The van der Waals surface area contributed by atoms with E-state index in [2.05, 4.69) is 38.7 Å². The first-order valence-corrected chi connectivity index (χ1v) is 8.13. The molecule has 1 saturated carbocycles. The fraction of sp³-hybridized carbons (Fsp3) is 0.667. The average molecular weight is 277 g/mol. The van der Waals surface area contributed by atoms with Crippen molar-refractivity contribution in [3.63, 3.8) is 0 Å². The molecule has 1 aromatic rings. The molecule has 0 radical (unpaired) electrons. The molecule has 0 bridgehead atoms. The van der Waals surface area contributed by atoms with Gasteiger partial charge < -0.3 is 0 Å². The molecule has 1 aliphatic rings. The molecule has 1 aliphatic carbocycles. The SMILES string of the molecule is CCCN(C(C)C)C(CC)c1ccc(C2CC2)cc1F. The van der Waals surface area contributed by atoms with E-state index in [1.165, 1.54) is 18.4 Å². The Labute approximate surface area is 123 Å². The molecule has 2 heteroatoms. The van der Waals surface area contributed by atoms with Gasteiger partial charge in [0.15, 0.2) is 0 Å². The predicted octanol–water partition coefficient (Wildman–Crippen LogP) is 5.27. The molecule has 0 amide bonds. The van der Waals surface area contributed by atoms with Crippen molar-refractivity contribution in [2.75, 3.05) is 6.54 Å². The Morgan fingerprint density at radius 1 is 1.25 bits per heavy atom. The largest absolute Gasteiger partial charge is 0.294 e. The highest BCUT2D eigenvalue weighted by atomic mass is 19.1. The number of nitrogens with zero attached hydrogens (tertiary/aromatic N) is 1. The predicted molar refractivity (Wildman–Crippen MR) is 83.5 cm³/mol. The topological polar surface area (TPSA) is 3.24 Å². The molecule has 112 valence electrons. The molecule has 0 aliphatic heterocycles. The Bertz CT molecular complexity index is 437. The van der Waals surface area contributed by atoms with Gasteiger partial charge in [-0.05, 0) is 63.6 Å². The first-order valence-electron chi connectivity index (χ1n) is 8.13. The third-order valence-corrected chi connectivity index (χ3v) is 4.36. The lowest BCUT2D eigenvalue weighted by Gasteiger charge is -2.35. The molecular weight excluding hydrogens is 249 g/mol. The minimum absolute atomic E-state index is 0.0111. The summed E-state index contributed by atoms with van der Waals surface area (Å²) in [7, 11) is 0. The highest BCUT2D eigenvalue weighted by Crippen LogP contribution is 2.41. The first-order chi connectivity index (χ1) is 9.58. The first kappa shape index (κ1) is 15.5. The van der Waals surface area contributed by atoms with Crippen LogP contribution in [-0.4, -0.2) is 17.5 Å². The van der Waals surface area contributed by atoms with Gasteiger partial charge >= 0.3 is 0 Å². The smallest absolute Gasteiger partial charge is 0.128 e. The summed E-state index contributed by atoms with van der Waals surface area (Å²) in [5.41, 5.74) is 2.06. The van der Waals surface area contributed by atoms with Crippen LogP contribution in [0.1, 0.15) is 76.5 Å². The van der Waals surface area contributed by atoms with E-state index in [0.717, 1.165) is 24.9 Å². The lowest BCUT2D eigenvalue weighted by molar-refractivity contribution is 0.146. The van der Waals surface area contributed by atoms with Crippen LogP contribution in [0.5, 0.6) is 0 Å². The molecule has 2 rings (SSSR count). The molecule has 0 heterocycles. The summed E-state index contributed by atoms with van der Waals surface area (Å²) in [5, 5.41) is 0. The molecule has 1 aromatic carbocycles. The molecule has 0 aromatic heterocycles. The summed E-state index contributed by atoms with van der Waals surface area (Å²) in [6, 6.07) is 6.59. The third-order valence-electron chi connectivity index (χ3n) is 4.36. The van der Waals surface area contributed by atoms with Crippen LogP contribution in [0.2, 0.25) is 0 Å². The van der Waals surface area contributed by atoms with Gasteiger partial charge in [0.2, 0.25) is 0 Å². The summed E-state index contributed by atoms with van der Waals surface area (Å²) in [5.74, 6) is 0.610. The quantitative estimate of drug-likeness (QED) is 0.656. The average Bonchev–Trinajstić information content (AvgIpc) is 3.24. The number of rotatable bonds is 7. The van der Waals surface area contributed by atoms with Gasteiger partial charge in [-0.1, -0.05) is 26.0 Å². The summed E-state index contributed by atoms with van der Waals surface area (Å²) in [6.07, 6.45) is 4.52. The van der Waals surface area contributed by atoms with Gasteiger partial charge in [0.05, 0.1) is 0 Å². The van der Waals surface area contributed by atoms with Crippen molar-refractivity contribution in [3.8, 4) is 0 Å². The van der Waals surface area contributed by atoms with Crippen LogP contribution >= 0.6 is 0 Å². The van der Waals surface area contributed by atoms with Crippen LogP contribution in [0, 0.1) is 5.82 Å². The van der Waals surface area contributed by atoms with Gasteiger partial charge in [-0.25, -0.2) is 4.39 Å². The number of hydrogen-bond acceptors (Lipinski definition) is 1. The van der Waals surface area contributed by atoms with Crippen molar-refractivity contribution in [1.29, 1.82) is 0 Å². The van der Waals surface area contributed by atoms with Gasteiger partial charge in [-0.15, -0.1) is 0 Å². The second-order valence-electron chi connectivity index (χ2n) is 6.31. The zero-order valence-corrected chi connectivity index (χ0v) is 13.3. The molecule has 0 spiro atoms. The minimum atomic E-state index is -0.0111. The molecular formula is C18H28FN. The van der Waals surface area contributed by atoms with Crippen molar-refractivity contribution in [1.82, 2.24) is 4.90 Å².